The van der Waals surface area contributed by atoms with Crippen LogP contribution < -0.4 is 15.5 Å². The van der Waals surface area contributed by atoms with Crippen LogP contribution in [0.1, 0.15) is 16.7 Å². The second-order valence-corrected chi connectivity index (χ2v) is 7.15. The van der Waals surface area contributed by atoms with Crippen LogP contribution in [-0.2, 0) is 17.6 Å². The number of anilines is 1. The number of nitrogens with one attached hydrogen (secondary N) is 2. The highest BCUT2D eigenvalue weighted by Gasteiger charge is 2.30. The SMILES string of the molecule is O=C(CNc1cccc(C(F)(F)F)c1)N/N=C\c1ccc(OCc2ccc(Cl)cc2)cc1. The molecule has 0 aliphatic carbocycles. The van der Waals surface area contributed by atoms with E-state index in [1.54, 1.807) is 36.4 Å². The Kier molecular flexibility index (Phi) is 7.72. The van der Waals surface area contributed by atoms with Crippen LogP contribution in [0.25, 0.3) is 0 Å². The summed E-state index contributed by atoms with van der Waals surface area (Å²) >= 11 is 5.85. The van der Waals surface area contributed by atoms with Crippen molar-refractivity contribution in [1.82, 2.24) is 5.43 Å². The van der Waals surface area contributed by atoms with E-state index in [1.807, 2.05) is 12.1 Å². The number of rotatable bonds is 8. The molecule has 3 aromatic carbocycles. The fraction of sp³-hybridized carbons (Fsp3) is 0.130. The van der Waals surface area contributed by atoms with Gasteiger partial charge in [0.2, 0.25) is 0 Å². The molecule has 0 aliphatic heterocycles. The second-order valence-electron chi connectivity index (χ2n) is 6.71. The first-order valence-electron chi connectivity index (χ1n) is 9.50. The van der Waals surface area contributed by atoms with Crippen molar-refractivity contribution < 1.29 is 22.7 Å². The number of hydrazone groups is 1. The number of ether oxygens (including phenoxy) is 1. The minimum Gasteiger partial charge on any atom is -0.489 e. The number of alkyl halides is 3. The van der Waals surface area contributed by atoms with Crippen LogP contribution in [0.4, 0.5) is 18.9 Å². The van der Waals surface area contributed by atoms with Gasteiger partial charge in [0.25, 0.3) is 5.91 Å². The quantitative estimate of drug-likeness (QED) is 0.344. The third-order valence-electron chi connectivity index (χ3n) is 4.24. The Labute approximate surface area is 187 Å². The van der Waals surface area contributed by atoms with Crippen molar-refractivity contribution >= 4 is 29.4 Å². The van der Waals surface area contributed by atoms with Crippen molar-refractivity contribution in [1.29, 1.82) is 0 Å². The topological polar surface area (TPSA) is 62.7 Å². The van der Waals surface area contributed by atoms with Gasteiger partial charge in [-0.3, -0.25) is 4.79 Å². The van der Waals surface area contributed by atoms with Crippen molar-refractivity contribution in [3.05, 3.63) is 94.5 Å². The van der Waals surface area contributed by atoms with Gasteiger partial charge in [0, 0.05) is 10.7 Å². The first-order chi connectivity index (χ1) is 15.3. The molecule has 32 heavy (non-hydrogen) atoms. The summed E-state index contributed by atoms with van der Waals surface area (Å²) in [6.45, 7) is 0.176. The van der Waals surface area contributed by atoms with Gasteiger partial charge in [-0.2, -0.15) is 18.3 Å². The summed E-state index contributed by atoms with van der Waals surface area (Å²) in [6, 6.07) is 19.1. The van der Waals surface area contributed by atoms with Gasteiger partial charge in [-0.05, 0) is 65.7 Å². The van der Waals surface area contributed by atoms with E-state index in [-0.39, 0.29) is 12.2 Å². The molecule has 0 fully saturated rings. The van der Waals surface area contributed by atoms with E-state index in [9.17, 15) is 18.0 Å². The van der Waals surface area contributed by atoms with Gasteiger partial charge < -0.3 is 10.1 Å². The summed E-state index contributed by atoms with van der Waals surface area (Å²) in [5, 5.41) is 7.14. The number of halogens is 4. The molecule has 0 aliphatic rings. The van der Waals surface area contributed by atoms with E-state index >= 15 is 0 Å². The summed E-state index contributed by atoms with van der Waals surface area (Å²) < 4.78 is 43.8. The lowest BCUT2D eigenvalue weighted by atomic mass is 10.2. The maximum Gasteiger partial charge on any atom is 0.416 e. The molecule has 5 nitrogen and oxygen atoms in total. The molecular weight excluding hydrogens is 443 g/mol. The van der Waals surface area contributed by atoms with Gasteiger partial charge in [-0.25, -0.2) is 5.43 Å². The number of hydrogen-bond acceptors (Lipinski definition) is 4. The average Bonchev–Trinajstić information content (AvgIpc) is 2.78. The molecule has 0 heterocycles. The third-order valence-corrected chi connectivity index (χ3v) is 4.50. The van der Waals surface area contributed by atoms with Gasteiger partial charge in [0.1, 0.15) is 12.4 Å². The van der Waals surface area contributed by atoms with E-state index in [0.29, 0.717) is 17.4 Å². The standard InChI is InChI=1S/C23H19ClF3N3O2/c24-19-8-4-17(5-9-19)15-32-21-10-6-16(7-11-21)13-29-30-22(31)14-28-20-3-1-2-18(12-20)23(25,26)27/h1-13,28H,14-15H2,(H,30,31)/b29-13-. The first-order valence-corrected chi connectivity index (χ1v) is 9.88. The molecular formula is C23H19ClF3N3O2. The highest BCUT2D eigenvalue weighted by Crippen LogP contribution is 2.30. The van der Waals surface area contributed by atoms with Gasteiger partial charge in [0.05, 0.1) is 18.3 Å². The molecule has 0 unspecified atom stereocenters. The van der Waals surface area contributed by atoms with E-state index in [4.69, 9.17) is 16.3 Å². The van der Waals surface area contributed by atoms with E-state index in [1.165, 1.54) is 18.3 Å². The first kappa shape index (κ1) is 23.1. The van der Waals surface area contributed by atoms with Gasteiger partial charge in [0.15, 0.2) is 0 Å². The smallest absolute Gasteiger partial charge is 0.416 e. The summed E-state index contributed by atoms with van der Waals surface area (Å²) in [5.41, 5.74) is 3.43. The summed E-state index contributed by atoms with van der Waals surface area (Å²) in [4.78, 5) is 11.8. The third kappa shape index (κ3) is 7.31. The Morgan fingerprint density at radius 1 is 1.03 bits per heavy atom. The number of carbonyl (C=O) groups is 1. The predicted octanol–water partition coefficient (Wildman–Crippen LogP) is 5.50. The zero-order valence-corrected chi connectivity index (χ0v) is 17.5. The van der Waals surface area contributed by atoms with Crippen LogP contribution in [0.3, 0.4) is 0 Å². The number of benzene rings is 3. The molecule has 0 bridgehead atoms. The molecule has 0 atom stereocenters. The van der Waals surface area contributed by atoms with Gasteiger partial charge in [-0.1, -0.05) is 29.8 Å². The second kappa shape index (κ2) is 10.7. The zero-order valence-electron chi connectivity index (χ0n) is 16.7. The maximum atomic E-state index is 12.7. The van der Waals surface area contributed by atoms with Crippen LogP contribution in [0.2, 0.25) is 5.02 Å². The predicted molar refractivity (Wildman–Crippen MR) is 118 cm³/mol. The fourth-order valence-corrected chi connectivity index (χ4v) is 2.73. The molecule has 0 saturated heterocycles. The average molecular weight is 462 g/mol. The molecule has 3 aromatic rings. The maximum absolute atomic E-state index is 12.7. The van der Waals surface area contributed by atoms with Crippen LogP contribution in [0, 0.1) is 0 Å². The lowest BCUT2D eigenvalue weighted by Gasteiger charge is -2.10. The summed E-state index contributed by atoms with van der Waals surface area (Å²) in [6.07, 6.45) is -2.99. The highest BCUT2D eigenvalue weighted by atomic mass is 35.5. The number of carbonyl (C=O) groups excluding carboxylic acids is 1. The van der Waals surface area contributed by atoms with Gasteiger partial charge >= 0.3 is 6.18 Å². The highest BCUT2D eigenvalue weighted by molar-refractivity contribution is 6.30. The normalized spacial score (nSPS) is 11.4. The Morgan fingerprint density at radius 3 is 2.44 bits per heavy atom. The summed E-state index contributed by atoms with van der Waals surface area (Å²) in [7, 11) is 0. The molecule has 0 saturated carbocycles. The Balaban J connectivity index is 1.43. The molecule has 0 radical (unpaired) electrons. The molecule has 1 amide bonds. The van der Waals surface area contributed by atoms with E-state index in [2.05, 4.69) is 15.8 Å². The van der Waals surface area contributed by atoms with Crippen LogP contribution >= 0.6 is 11.6 Å². The van der Waals surface area contributed by atoms with Crippen molar-refractivity contribution in [3.8, 4) is 5.75 Å². The molecule has 3 rings (SSSR count). The molecule has 0 spiro atoms. The number of amides is 1. The van der Waals surface area contributed by atoms with Crippen molar-refractivity contribution in [3.63, 3.8) is 0 Å². The zero-order chi connectivity index (χ0) is 23.0. The lowest BCUT2D eigenvalue weighted by molar-refractivity contribution is -0.137. The Morgan fingerprint density at radius 2 is 1.75 bits per heavy atom. The monoisotopic (exact) mass is 461 g/mol. The minimum atomic E-state index is -4.44. The van der Waals surface area contributed by atoms with Crippen molar-refractivity contribution in [2.75, 3.05) is 11.9 Å². The lowest BCUT2D eigenvalue weighted by Crippen LogP contribution is -2.26. The Hall–Kier alpha value is -3.52. The van der Waals surface area contributed by atoms with Crippen molar-refractivity contribution in [2.24, 2.45) is 5.10 Å². The van der Waals surface area contributed by atoms with E-state index < -0.39 is 17.6 Å². The van der Waals surface area contributed by atoms with Crippen LogP contribution in [0.5, 0.6) is 5.75 Å². The fourth-order valence-electron chi connectivity index (χ4n) is 2.60. The van der Waals surface area contributed by atoms with Crippen molar-refractivity contribution in [2.45, 2.75) is 12.8 Å². The number of nitrogens with zero attached hydrogens (tertiary/aromatic N) is 1. The van der Waals surface area contributed by atoms with Crippen LogP contribution in [0.15, 0.2) is 77.9 Å². The summed E-state index contributed by atoms with van der Waals surface area (Å²) in [5.74, 6) is 0.174. The largest absolute Gasteiger partial charge is 0.489 e. The molecule has 166 valence electrons. The molecule has 0 aromatic heterocycles. The number of hydrogen-bond donors (Lipinski definition) is 2. The Bertz CT molecular complexity index is 1070. The molecule has 2 N–H and O–H groups in total. The molecule has 9 heteroatoms. The van der Waals surface area contributed by atoms with E-state index in [0.717, 1.165) is 23.3 Å². The van der Waals surface area contributed by atoms with Crippen LogP contribution in [-0.4, -0.2) is 18.7 Å². The minimum absolute atomic E-state index is 0.188. The van der Waals surface area contributed by atoms with Gasteiger partial charge in [-0.15, -0.1) is 0 Å².